The maximum absolute atomic E-state index is 14.8. The van der Waals surface area contributed by atoms with Gasteiger partial charge < -0.3 is 24.4 Å². The molecule has 11 nitrogen and oxygen atoms in total. The summed E-state index contributed by atoms with van der Waals surface area (Å²) >= 11 is 11.8. The van der Waals surface area contributed by atoms with E-state index in [1.54, 1.807) is 25.7 Å². The van der Waals surface area contributed by atoms with Crippen LogP contribution < -0.4 is 14.8 Å². The lowest BCUT2D eigenvalue weighted by Crippen LogP contribution is -2.44. The lowest BCUT2D eigenvalue weighted by molar-refractivity contribution is -0.384. The standard InChI is InChI=1S/C25H26Cl2FN5O6/c1-25(2,3)39-24(34)32-9-7-13(8-10-32)38-22-17(37-4)11-16-18(21(22)33(35)36)23(30-12-29-16)31-15-6-5-14(26)19(27)20(15)28/h5-6,11-13H,7-10H2,1-4H3,(H,29,30,31). The molecule has 3 aromatic rings. The highest BCUT2D eigenvalue weighted by atomic mass is 35.5. The van der Waals surface area contributed by atoms with Crippen LogP contribution in [0.5, 0.6) is 11.5 Å². The number of likely N-dealkylation sites (tertiary alicyclic amines) is 1. The minimum Gasteiger partial charge on any atom is -0.493 e. The van der Waals surface area contributed by atoms with Gasteiger partial charge in [0.1, 0.15) is 29.2 Å². The third-order valence-corrected chi connectivity index (χ3v) is 6.67. The van der Waals surface area contributed by atoms with Crippen molar-refractivity contribution in [1.82, 2.24) is 14.9 Å². The van der Waals surface area contributed by atoms with Crippen LogP contribution >= 0.6 is 23.2 Å². The summed E-state index contributed by atoms with van der Waals surface area (Å²) in [6, 6.07) is 4.20. The van der Waals surface area contributed by atoms with Crippen molar-refractivity contribution in [2.45, 2.75) is 45.3 Å². The summed E-state index contributed by atoms with van der Waals surface area (Å²) in [5, 5.41) is 14.8. The van der Waals surface area contributed by atoms with Gasteiger partial charge in [0.05, 0.1) is 33.3 Å². The molecule has 2 aromatic carbocycles. The Morgan fingerprint density at radius 1 is 1.23 bits per heavy atom. The highest BCUT2D eigenvalue weighted by molar-refractivity contribution is 6.42. The molecule has 0 aliphatic carbocycles. The average Bonchev–Trinajstić information content (AvgIpc) is 2.88. The van der Waals surface area contributed by atoms with Gasteiger partial charge in [-0.05, 0) is 32.9 Å². The number of rotatable bonds is 6. The molecule has 2 heterocycles. The van der Waals surface area contributed by atoms with E-state index >= 15 is 0 Å². The van der Waals surface area contributed by atoms with E-state index in [0.717, 1.165) is 0 Å². The molecule has 0 saturated carbocycles. The number of anilines is 2. The van der Waals surface area contributed by atoms with Crippen molar-refractivity contribution in [3.8, 4) is 11.5 Å². The summed E-state index contributed by atoms with van der Waals surface area (Å²) in [5.41, 5.74) is -1.00. The van der Waals surface area contributed by atoms with Gasteiger partial charge >= 0.3 is 11.8 Å². The summed E-state index contributed by atoms with van der Waals surface area (Å²) in [6.45, 7) is 6.05. The molecule has 1 aliphatic rings. The maximum Gasteiger partial charge on any atom is 0.410 e. The van der Waals surface area contributed by atoms with Crippen LogP contribution in [0.1, 0.15) is 33.6 Å². The van der Waals surface area contributed by atoms with Crippen molar-refractivity contribution in [2.24, 2.45) is 0 Å². The maximum atomic E-state index is 14.8. The van der Waals surface area contributed by atoms with Gasteiger partial charge in [0.2, 0.25) is 5.75 Å². The van der Waals surface area contributed by atoms with Gasteiger partial charge in [-0.2, -0.15) is 0 Å². The fourth-order valence-electron chi connectivity index (χ4n) is 4.10. The van der Waals surface area contributed by atoms with Crippen molar-refractivity contribution in [3.05, 3.63) is 50.5 Å². The van der Waals surface area contributed by atoms with Gasteiger partial charge in [0.15, 0.2) is 11.6 Å². The number of nitrogens with one attached hydrogen (secondary N) is 1. The Morgan fingerprint density at radius 3 is 2.54 bits per heavy atom. The number of nitro groups is 1. The van der Waals surface area contributed by atoms with E-state index in [1.807, 2.05) is 0 Å². The number of carbonyl (C=O) groups excluding carboxylic acids is 1. The first-order valence-electron chi connectivity index (χ1n) is 11.9. The van der Waals surface area contributed by atoms with Gasteiger partial charge in [-0.1, -0.05) is 23.2 Å². The highest BCUT2D eigenvalue weighted by Gasteiger charge is 2.33. The van der Waals surface area contributed by atoms with Crippen molar-refractivity contribution in [2.75, 3.05) is 25.5 Å². The van der Waals surface area contributed by atoms with Crippen LogP contribution in [0.15, 0.2) is 24.5 Å². The van der Waals surface area contributed by atoms with E-state index < -0.39 is 34.2 Å². The minimum absolute atomic E-state index is 0.0105. The van der Waals surface area contributed by atoms with Crippen LogP contribution in [0.2, 0.25) is 10.0 Å². The Labute approximate surface area is 233 Å². The summed E-state index contributed by atoms with van der Waals surface area (Å²) < 4.78 is 31.7. The number of ether oxygens (including phenoxy) is 3. The number of aromatic nitrogens is 2. The number of nitrogens with zero attached hydrogens (tertiary/aromatic N) is 4. The molecular formula is C25H26Cl2FN5O6. The molecule has 208 valence electrons. The molecule has 0 unspecified atom stereocenters. The normalized spacial score (nSPS) is 14.3. The molecule has 1 fully saturated rings. The van der Waals surface area contributed by atoms with E-state index in [2.05, 4.69) is 15.3 Å². The molecular weight excluding hydrogens is 556 g/mol. The van der Waals surface area contributed by atoms with Crippen LogP contribution in [0.25, 0.3) is 10.9 Å². The zero-order valence-corrected chi connectivity index (χ0v) is 23.1. The van der Waals surface area contributed by atoms with E-state index in [1.165, 1.54) is 31.6 Å². The second-order valence-electron chi connectivity index (χ2n) is 9.76. The lowest BCUT2D eigenvalue weighted by atomic mass is 10.1. The Kier molecular flexibility index (Phi) is 8.17. The number of piperidine rings is 1. The van der Waals surface area contributed by atoms with Crippen LogP contribution in [0, 0.1) is 15.9 Å². The molecule has 1 aliphatic heterocycles. The van der Waals surface area contributed by atoms with E-state index in [4.69, 9.17) is 37.4 Å². The fraction of sp³-hybridized carbons (Fsp3) is 0.400. The molecule has 0 radical (unpaired) electrons. The minimum atomic E-state index is -0.847. The quantitative estimate of drug-likeness (QED) is 0.196. The van der Waals surface area contributed by atoms with Gasteiger partial charge in [-0.3, -0.25) is 10.1 Å². The van der Waals surface area contributed by atoms with Gasteiger partial charge in [0, 0.05) is 32.0 Å². The molecule has 39 heavy (non-hydrogen) atoms. The van der Waals surface area contributed by atoms with E-state index in [-0.39, 0.29) is 44.0 Å². The topological polar surface area (TPSA) is 129 Å². The molecule has 1 N–H and O–H groups in total. The Hall–Kier alpha value is -3.64. The smallest absolute Gasteiger partial charge is 0.410 e. The van der Waals surface area contributed by atoms with Crippen LogP contribution in [0.4, 0.5) is 26.4 Å². The molecule has 0 bridgehead atoms. The molecule has 0 atom stereocenters. The SMILES string of the molecule is COc1cc2ncnc(Nc3ccc(Cl)c(Cl)c3F)c2c([N+](=O)[O-])c1OC1CCN(C(=O)OC(C)(C)C)CC1. The number of carbonyl (C=O) groups is 1. The Balaban J connectivity index is 1.69. The second kappa shape index (κ2) is 11.2. The molecule has 1 aromatic heterocycles. The van der Waals surface area contributed by atoms with Crippen molar-refractivity contribution in [1.29, 1.82) is 0 Å². The first-order valence-corrected chi connectivity index (χ1v) is 12.7. The zero-order chi connectivity index (χ0) is 28.5. The predicted octanol–water partition coefficient (Wildman–Crippen LogP) is 6.51. The first kappa shape index (κ1) is 28.4. The first-order chi connectivity index (χ1) is 18.4. The van der Waals surface area contributed by atoms with Crippen LogP contribution in [0.3, 0.4) is 0 Å². The number of amides is 1. The molecule has 0 spiro atoms. The predicted molar refractivity (Wildman–Crippen MR) is 144 cm³/mol. The van der Waals surface area contributed by atoms with Gasteiger partial charge in [-0.15, -0.1) is 0 Å². The number of nitro benzene ring substituents is 1. The summed E-state index contributed by atoms with van der Waals surface area (Å²) in [4.78, 5) is 34.0. The molecule has 4 rings (SSSR count). The number of benzene rings is 2. The average molecular weight is 582 g/mol. The third-order valence-electron chi connectivity index (χ3n) is 5.89. The lowest BCUT2D eigenvalue weighted by Gasteiger charge is -2.33. The van der Waals surface area contributed by atoms with Crippen LogP contribution in [-0.4, -0.2) is 57.8 Å². The number of fused-ring (bicyclic) bond motifs is 1. The van der Waals surface area contributed by atoms with Gasteiger partial charge in [-0.25, -0.2) is 19.2 Å². The second-order valence-corrected chi connectivity index (χ2v) is 10.5. The zero-order valence-electron chi connectivity index (χ0n) is 21.6. The summed E-state index contributed by atoms with van der Waals surface area (Å²) in [6.07, 6.45) is 1.10. The number of hydrogen-bond acceptors (Lipinski definition) is 9. The van der Waals surface area contributed by atoms with Crippen molar-refractivity contribution < 1.29 is 28.3 Å². The van der Waals surface area contributed by atoms with Crippen molar-refractivity contribution >= 4 is 57.4 Å². The van der Waals surface area contributed by atoms with E-state index in [9.17, 15) is 19.3 Å². The summed E-state index contributed by atoms with van der Waals surface area (Å²) in [7, 11) is 1.36. The number of halogens is 3. The summed E-state index contributed by atoms with van der Waals surface area (Å²) in [5.74, 6) is -0.927. The molecule has 1 saturated heterocycles. The monoisotopic (exact) mass is 581 g/mol. The third kappa shape index (κ3) is 6.17. The highest BCUT2D eigenvalue weighted by Crippen LogP contribution is 2.46. The fourth-order valence-corrected chi connectivity index (χ4v) is 4.41. The van der Waals surface area contributed by atoms with Gasteiger partial charge in [0.25, 0.3) is 0 Å². The van der Waals surface area contributed by atoms with E-state index in [0.29, 0.717) is 25.9 Å². The van der Waals surface area contributed by atoms with Crippen LogP contribution in [-0.2, 0) is 4.74 Å². The molecule has 1 amide bonds. The number of methoxy groups -OCH3 is 1. The largest absolute Gasteiger partial charge is 0.493 e. The Morgan fingerprint density at radius 2 is 1.92 bits per heavy atom. The number of hydrogen-bond donors (Lipinski definition) is 1. The van der Waals surface area contributed by atoms with Crippen molar-refractivity contribution in [3.63, 3.8) is 0 Å². The Bertz CT molecular complexity index is 1430. The molecule has 14 heteroatoms.